The number of rotatable bonds is 7. The average Bonchev–Trinajstić information content (AvgIpc) is 4.01. The third kappa shape index (κ3) is 5.35. The number of furan rings is 1. The summed E-state index contributed by atoms with van der Waals surface area (Å²) in [6.07, 6.45) is 15.2. The van der Waals surface area contributed by atoms with E-state index >= 15 is 0 Å². The smallest absolute Gasteiger partial charge is 0.135 e. The highest BCUT2D eigenvalue weighted by Gasteiger charge is 2.50. The van der Waals surface area contributed by atoms with Crippen molar-refractivity contribution in [3.63, 3.8) is 0 Å². The van der Waals surface area contributed by atoms with Crippen LogP contribution >= 0.6 is 0 Å². The van der Waals surface area contributed by atoms with E-state index in [1.807, 2.05) is 0 Å². The minimum atomic E-state index is -0.572. The summed E-state index contributed by atoms with van der Waals surface area (Å²) in [5.41, 5.74) is 20.0. The molecule has 0 saturated heterocycles. The molecular weight excluding hydrogens is 787 g/mol. The first-order chi connectivity index (χ1) is 32.2. The lowest BCUT2D eigenvalue weighted by Gasteiger charge is -2.38. The number of allylic oxidation sites excluding steroid dienone is 8. The molecule has 310 valence electrons. The lowest BCUT2D eigenvalue weighted by atomic mass is 9.64. The number of hydrogen-bond donors (Lipinski definition) is 0. The molecule has 0 spiro atoms. The van der Waals surface area contributed by atoms with Gasteiger partial charge in [0.25, 0.3) is 0 Å². The molecule has 0 fully saturated rings. The van der Waals surface area contributed by atoms with Crippen LogP contribution in [0.1, 0.15) is 65.1 Å². The summed E-state index contributed by atoms with van der Waals surface area (Å²) in [4.78, 5) is 2.49. The molecule has 0 amide bonds. The van der Waals surface area contributed by atoms with E-state index in [4.69, 9.17) is 4.42 Å². The Bertz CT molecular complexity index is 3430. The number of anilines is 3. The fourth-order valence-electron chi connectivity index (χ4n) is 12.2. The molecule has 0 bridgehead atoms. The van der Waals surface area contributed by atoms with Crippen molar-refractivity contribution in [2.75, 3.05) is 4.90 Å². The zero-order valence-electron chi connectivity index (χ0n) is 36.4. The second-order valence-corrected chi connectivity index (χ2v) is 18.2. The number of fused-ring (bicyclic) bond motifs is 8. The summed E-state index contributed by atoms with van der Waals surface area (Å²) in [6.45, 7) is 2.32. The second-order valence-electron chi connectivity index (χ2n) is 18.2. The van der Waals surface area contributed by atoms with Gasteiger partial charge in [-0.05, 0) is 129 Å². The van der Waals surface area contributed by atoms with E-state index in [1.165, 1.54) is 72.5 Å². The first kappa shape index (κ1) is 37.8. The SMILES string of the molecule is CC1C=CC(C2(c3ccccc3)C3=C(C=CCC3)c3c(N(c4ccccc4)c4ccc5oc6cccc(C7(c8ccccc8)c8ccccc8-c8ccccc87)c6c5c4)cccc32)=CC1. The fourth-order valence-corrected chi connectivity index (χ4v) is 12.2. The van der Waals surface area contributed by atoms with Gasteiger partial charge in [0.1, 0.15) is 11.2 Å². The molecule has 0 saturated carbocycles. The van der Waals surface area contributed by atoms with Crippen LogP contribution in [0.25, 0.3) is 38.6 Å². The molecule has 0 aliphatic heterocycles. The van der Waals surface area contributed by atoms with Crippen molar-refractivity contribution in [1.29, 1.82) is 0 Å². The lowest BCUT2D eigenvalue weighted by Crippen LogP contribution is -2.31. The maximum atomic E-state index is 6.90. The lowest BCUT2D eigenvalue weighted by molar-refractivity contribution is 0.660. The molecule has 2 nitrogen and oxygen atoms in total. The van der Waals surface area contributed by atoms with Crippen LogP contribution in [0.5, 0.6) is 0 Å². The van der Waals surface area contributed by atoms with Crippen LogP contribution in [0.4, 0.5) is 17.1 Å². The van der Waals surface area contributed by atoms with Gasteiger partial charge < -0.3 is 9.32 Å². The molecule has 1 aromatic heterocycles. The van der Waals surface area contributed by atoms with Crippen LogP contribution in [0.3, 0.4) is 0 Å². The molecular formula is C63H47NO. The fraction of sp³-hybridized carbons (Fsp3) is 0.111. The van der Waals surface area contributed by atoms with Crippen molar-refractivity contribution in [3.8, 4) is 11.1 Å². The molecule has 4 aliphatic carbocycles. The van der Waals surface area contributed by atoms with Gasteiger partial charge in [-0.2, -0.15) is 0 Å². The summed E-state index contributed by atoms with van der Waals surface area (Å²) in [7, 11) is 0. The first-order valence-corrected chi connectivity index (χ1v) is 23.2. The highest BCUT2D eigenvalue weighted by Crippen LogP contribution is 2.62. The highest BCUT2D eigenvalue weighted by atomic mass is 16.3. The maximum Gasteiger partial charge on any atom is 0.135 e. The number of benzene rings is 8. The van der Waals surface area contributed by atoms with Crippen molar-refractivity contribution >= 4 is 44.6 Å². The van der Waals surface area contributed by atoms with Crippen LogP contribution in [-0.4, -0.2) is 0 Å². The normalized spacial score (nSPS) is 18.9. The molecule has 0 N–H and O–H groups in total. The van der Waals surface area contributed by atoms with Gasteiger partial charge >= 0.3 is 0 Å². The Morgan fingerprint density at radius 2 is 1.17 bits per heavy atom. The van der Waals surface area contributed by atoms with E-state index in [9.17, 15) is 0 Å². The average molecular weight is 834 g/mol. The summed E-state index contributed by atoms with van der Waals surface area (Å²) in [5, 5.41) is 2.24. The Hall–Kier alpha value is -7.68. The monoisotopic (exact) mass is 833 g/mol. The Morgan fingerprint density at radius 1 is 0.538 bits per heavy atom. The second kappa shape index (κ2) is 14.7. The van der Waals surface area contributed by atoms with Gasteiger partial charge in [0.05, 0.1) is 16.5 Å². The Kier molecular flexibility index (Phi) is 8.55. The first-order valence-electron chi connectivity index (χ1n) is 23.2. The van der Waals surface area contributed by atoms with Gasteiger partial charge in [-0.15, -0.1) is 0 Å². The minimum Gasteiger partial charge on any atom is -0.456 e. The third-order valence-corrected chi connectivity index (χ3v) is 14.8. The predicted octanol–water partition coefficient (Wildman–Crippen LogP) is 16.3. The third-order valence-electron chi connectivity index (χ3n) is 14.8. The molecule has 13 rings (SSSR count). The summed E-state index contributed by atoms with van der Waals surface area (Å²) in [6, 6.07) is 71.8. The summed E-state index contributed by atoms with van der Waals surface area (Å²) >= 11 is 0. The quantitative estimate of drug-likeness (QED) is 0.159. The van der Waals surface area contributed by atoms with E-state index in [0.717, 1.165) is 52.6 Å². The molecule has 2 unspecified atom stereocenters. The van der Waals surface area contributed by atoms with E-state index in [-0.39, 0.29) is 0 Å². The molecule has 1 heterocycles. The van der Waals surface area contributed by atoms with E-state index in [0.29, 0.717) is 5.92 Å². The van der Waals surface area contributed by atoms with Crippen LogP contribution in [0.15, 0.2) is 240 Å². The van der Waals surface area contributed by atoms with Gasteiger partial charge in [-0.1, -0.05) is 189 Å². The maximum absolute atomic E-state index is 6.90. The Morgan fingerprint density at radius 3 is 1.88 bits per heavy atom. The van der Waals surface area contributed by atoms with Crippen molar-refractivity contribution in [2.45, 2.75) is 37.0 Å². The van der Waals surface area contributed by atoms with E-state index in [2.05, 4.69) is 236 Å². The zero-order chi connectivity index (χ0) is 43.1. The zero-order valence-corrected chi connectivity index (χ0v) is 36.4. The summed E-state index contributed by atoms with van der Waals surface area (Å²) in [5.74, 6) is 0.516. The van der Waals surface area contributed by atoms with Crippen molar-refractivity contribution in [3.05, 3.63) is 275 Å². The van der Waals surface area contributed by atoms with Crippen molar-refractivity contribution in [1.82, 2.24) is 0 Å². The molecule has 8 aromatic carbocycles. The topological polar surface area (TPSA) is 16.4 Å². The molecule has 2 heteroatoms. The van der Waals surface area contributed by atoms with E-state index in [1.54, 1.807) is 0 Å². The highest BCUT2D eigenvalue weighted by molar-refractivity contribution is 6.10. The van der Waals surface area contributed by atoms with E-state index < -0.39 is 10.8 Å². The molecule has 65 heavy (non-hydrogen) atoms. The molecule has 0 radical (unpaired) electrons. The van der Waals surface area contributed by atoms with Crippen LogP contribution in [-0.2, 0) is 10.8 Å². The minimum absolute atomic E-state index is 0.398. The molecule has 4 aliphatic rings. The number of nitrogens with zero attached hydrogens (tertiary/aromatic N) is 1. The molecule has 9 aromatic rings. The van der Waals surface area contributed by atoms with Crippen LogP contribution in [0.2, 0.25) is 0 Å². The number of para-hydroxylation sites is 1. The summed E-state index contributed by atoms with van der Waals surface area (Å²) < 4.78 is 6.90. The largest absolute Gasteiger partial charge is 0.456 e. The van der Waals surface area contributed by atoms with Crippen LogP contribution in [0, 0.1) is 5.92 Å². The number of hydrogen-bond acceptors (Lipinski definition) is 2. The van der Waals surface area contributed by atoms with Gasteiger partial charge in [0.2, 0.25) is 0 Å². The van der Waals surface area contributed by atoms with Gasteiger partial charge in [0.15, 0.2) is 0 Å². The molecule has 2 atom stereocenters. The van der Waals surface area contributed by atoms with Gasteiger partial charge in [0, 0.05) is 27.7 Å². The Labute approximate surface area is 380 Å². The standard InChI is InChI=1S/C63H47NO/c1-42-35-37-45(38-36-42)62(43-19-5-2-6-20-43)54-30-16-13-27-50(54)60-55(62)31-17-33-57(60)64(46-23-9-4-10-24-46)47-39-40-58-51(41-47)61-56(32-18-34-59(61)65-58)63(44-21-7-3-8-22-44)52-28-14-11-25-48(52)49-26-12-15-29-53(49)63/h2-15,17-29,31-35,37-42H,16,30,36H2,1H3. The van der Waals surface area contributed by atoms with Gasteiger partial charge in [-0.3, -0.25) is 0 Å². The predicted molar refractivity (Wildman–Crippen MR) is 269 cm³/mol. The van der Waals surface area contributed by atoms with Gasteiger partial charge in [-0.25, -0.2) is 0 Å². The Balaban J connectivity index is 1.09. The van der Waals surface area contributed by atoms with Crippen molar-refractivity contribution < 1.29 is 4.42 Å². The van der Waals surface area contributed by atoms with Crippen molar-refractivity contribution in [2.24, 2.45) is 5.92 Å². The van der Waals surface area contributed by atoms with Crippen LogP contribution < -0.4 is 4.90 Å².